The SMILES string of the molecule is C1=CC2=Cc3cccc4c3C(c3c-4cccc3N(C3=Cc4c(n(-c5ccc6ccccc6c5)c5ccccc45)CC3)c3cccc4c3CCC=C4)C2C=C1. The predicted octanol–water partition coefficient (Wildman–Crippen LogP) is 13.1. The molecule has 1 aromatic heterocycles. The third-order valence-electron chi connectivity index (χ3n) is 12.7. The molecular weight excluding hydrogens is 653 g/mol. The highest BCUT2D eigenvalue weighted by Gasteiger charge is 2.42. The molecule has 2 unspecified atom stereocenters. The summed E-state index contributed by atoms with van der Waals surface area (Å²) in [5.74, 6) is 0.576. The van der Waals surface area contributed by atoms with E-state index in [1.807, 2.05) is 0 Å². The molecular formula is C52H38N2. The highest BCUT2D eigenvalue weighted by atomic mass is 15.2. The maximum Gasteiger partial charge on any atom is 0.0537 e. The van der Waals surface area contributed by atoms with E-state index in [1.54, 1.807) is 0 Å². The standard InChI is InChI=1S/C52H38N2/c1-2-14-35-31-38(27-26-33(35)12-1)53-47-23-8-7-20-42(47)45-32-39(28-29-48(45)53)54(46-24-10-16-34-13-3-5-18-40(34)46)49-25-11-22-44-43-21-9-17-37-30-36-15-4-6-19-41(36)52(50(37)43)51(44)49/h1-4,6-17,19-27,30-32,41,52H,5,18,28-29H2. The number of nitrogens with zero attached hydrogens (tertiary/aromatic N) is 2. The van der Waals surface area contributed by atoms with Gasteiger partial charge in [-0.1, -0.05) is 134 Å². The van der Waals surface area contributed by atoms with Crippen LogP contribution in [0.2, 0.25) is 0 Å². The number of benzene rings is 6. The van der Waals surface area contributed by atoms with Crippen LogP contribution >= 0.6 is 0 Å². The minimum atomic E-state index is 0.264. The van der Waals surface area contributed by atoms with Crippen molar-refractivity contribution in [2.75, 3.05) is 4.90 Å². The molecule has 0 amide bonds. The minimum absolute atomic E-state index is 0.264. The van der Waals surface area contributed by atoms with E-state index in [0.29, 0.717) is 5.92 Å². The van der Waals surface area contributed by atoms with E-state index < -0.39 is 0 Å². The van der Waals surface area contributed by atoms with Crippen LogP contribution in [0, 0.1) is 5.92 Å². The first-order valence-electron chi connectivity index (χ1n) is 19.5. The van der Waals surface area contributed by atoms with E-state index in [0.717, 1.165) is 25.7 Å². The van der Waals surface area contributed by atoms with Gasteiger partial charge in [-0.3, -0.25) is 0 Å². The Hall–Kier alpha value is -6.38. The minimum Gasteiger partial charge on any atom is -0.314 e. The van der Waals surface area contributed by atoms with Crippen molar-refractivity contribution in [2.45, 2.75) is 31.6 Å². The van der Waals surface area contributed by atoms with Crippen molar-refractivity contribution in [3.63, 3.8) is 0 Å². The summed E-state index contributed by atoms with van der Waals surface area (Å²) in [6.45, 7) is 0. The first kappa shape index (κ1) is 30.1. The average Bonchev–Trinajstić information content (AvgIpc) is 3.75. The van der Waals surface area contributed by atoms with Gasteiger partial charge in [0.1, 0.15) is 0 Å². The van der Waals surface area contributed by atoms with Crippen LogP contribution in [0.4, 0.5) is 11.4 Å². The molecule has 0 saturated carbocycles. The van der Waals surface area contributed by atoms with Gasteiger partial charge in [0.15, 0.2) is 0 Å². The smallest absolute Gasteiger partial charge is 0.0537 e. The molecule has 0 bridgehead atoms. The first-order chi connectivity index (χ1) is 26.8. The zero-order valence-electron chi connectivity index (χ0n) is 30.0. The molecule has 7 aromatic rings. The van der Waals surface area contributed by atoms with Crippen molar-refractivity contribution < 1.29 is 0 Å². The van der Waals surface area contributed by atoms with Gasteiger partial charge in [-0.05, 0) is 117 Å². The molecule has 12 rings (SSSR count). The highest BCUT2D eigenvalue weighted by Crippen LogP contribution is 2.59. The summed E-state index contributed by atoms with van der Waals surface area (Å²) in [7, 11) is 0. The van der Waals surface area contributed by atoms with Crippen LogP contribution in [-0.2, 0) is 12.8 Å². The van der Waals surface area contributed by atoms with Gasteiger partial charge >= 0.3 is 0 Å². The Kier molecular flexibility index (Phi) is 6.45. The van der Waals surface area contributed by atoms with Crippen molar-refractivity contribution in [1.29, 1.82) is 0 Å². The van der Waals surface area contributed by atoms with E-state index in [-0.39, 0.29) is 5.92 Å². The fourth-order valence-electron chi connectivity index (χ4n) is 10.4. The Labute approximate surface area is 316 Å². The van der Waals surface area contributed by atoms with Crippen molar-refractivity contribution >= 4 is 51.3 Å². The van der Waals surface area contributed by atoms with E-state index in [4.69, 9.17) is 0 Å². The van der Waals surface area contributed by atoms with E-state index in [2.05, 4.69) is 179 Å². The van der Waals surface area contributed by atoms with Gasteiger partial charge in [-0.2, -0.15) is 0 Å². The van der Waals surface area contributed by atoms with Crippen molar-refractivity contribution in [2.24, 2.45) is 5.92 Å². The molecule has 256 valence electrons. The second kappa shape index (κ2) is 11.6. The molecule has 2 nitrogen and oxygen atoms in total. The monoisotopic (exact) mass is 690 g/mol. The van der Waals surface area contributed by atoms with Crippen LogP contribution in [0.3, 0.4) is 0 Å². The maximum atomic E-state index is 2.69. The third-order valence-corrected chi connectivity index (χ3v) is 12.7. The van der Waals surface area contributed by atoms with Gasteiger partial charge in [0.25, 0.3) is 0 Å². The lowest BCUT2D eigenvalue weighted by molar-refractivity contribution is 0.665. The lowest BCUT2D eigenvalue weighted by Crippen LogP contribution is -2.25. The zero-order valence-corrected chi connectivity index (χ0v) is 30.0. The van der Waals surface area contributed by atoms with Crippen LogP contribution < -0.4 is 4.90 Å². The van der Waals surface area contributed by atoms with Crippen molar-refractivity contribution in [3.8, 4) is 16.8 Å². The molecule has 6 aromatic carbocycles. The Morgan fingerprint density at radius 3 is 2.39 bits per heavy atom. The summed E-state index contributed by atoms with van der Waals surface area (Å²) < 4.78 is 2.53. The molecule has 54 heavy (non-hydrogen) atoms. The Balaban J connectivity index is 1.10. The van der Waals surface area contributed by atoms with Crippen LogP contribution in [-0.4, -0.2) is 4.57 Å². The van der Waals surface area contributed by atoms with Crippen LogP contribution in [0.25, 0.3) is 56.7 Å². The highest BCUT2D eigenvalue weighted by molar-refractivity contribution is 5.97. The topological polar surface area (TPSA) is 8.17 Å². The second-order valence-corrected chi connectivity index (χ2v) is 15.4. The molecule has 2 atom stereocenters. The summed E-state index contributed by atoms with van der Waals surface area (Å²) in [5.41, 5.74) is 20.5. The first-order valence-corrected chi connectivity index (χ1v) is 19.5. The number of fused-ring (bicyclic) bond motifs is 10. The van der Waals surface area contributed by atoms with Crippen LogP contribution in [0.1, 0.15) is 57.8 Å². The molecule has 0 N–H and O–H groups in total. The molecule has 0 radical (unpaired) electrons. The number of hydrogen-bond donors (Lipinski definition) is 0. The fraction of sp³-hybridized carbons (Fsp3) is 0.115. The predicted molar refractivity (Wildman–Crippen MR) is 226 cm³/mol. The van der Waals surface area contributed by atoms with E-state index >= 15 is 0 Å². The normalized spacial score (nSPS) is 18.4. The van der Waals surface area contributed by atoms with E-state index in [9.17, 15) is 0 Å². The number of hydrogen-bond acceptors (Lipinski definition) is 1. The second-order valence-electron chi connectivity index (χ2n) is 15.4. The summed E-state index contributed by atoms with van der Waals surface area (Å²) in [6.07, 6.45) is 22.9. The van der Waals surface area contributed by atoms with Crippen LogP contribution in [0.5, 0.6) is 0 Å². The van der Waals surface area contributed by atoms with Gasteiger partial charge in [0.05, 0.1) is 11.2 Å². The molecule has 5 aliphatic rings. The average molecular weight is 691 g/mol. The lowest BCUT2D eigenvalue weighted by Gasteiger charge is -2.37. The van der Waals surface area contributed by atoms with Crippen molar-refractivity contribution in [3.05, 3.63) is 202 Å². The molecule has 0 saturated heterocycles. The van der Waals surface area contributed by atoms with Gasteiger partial charge in [0, 0.05) is 45.6 Å². The van der Waals surface area contributed by atoms with Gasteiger partial charge < -0.3 is 9.47 Å². The van der Waals surface area contributed by atoms with Crippen LogP contribution in [0.15, 0.2) is 163 Å². The number of para-hydroxylation sites is 1. The quantitative estimate of drug-likeness (QED) is 0.178. The van der Waals surface area contributed by atoms with Crippen molar-refractivity contribution in [1.82, 2.24) is 4.57 Å². The molecule has 2 heteroatoms. The third kappa shape index (κ3) is 4.28. The molecule has 0 aliphatic heterocycles. The van der Waals surface area contributed by atoms with Gasteiger partial charge in [0.2, 0.25) is 0 Å². The largest absolute Gasteiger partial charge is 0.314 e. The van der Waals surface area contributed by atoms with Gasteiger partial charge in [-0.25, -0.2) is 0 Å². The lowest BCUT2D eigenvalue weighted by atomic mass is 9.72. The fourth-order valence-corrected chi connectivity index (χ4v) is 10.4. The molecule has 0 spiro atoms. The summed E-state index contributed by atoms with van der Waals surface area (Å²) in [6, 6.07) is 45.6. The summed E-state index contributed by atoms with van der Waals surface area (Å²) in [4.78, 5) is 2.69. The number of anilines is 2. The molecule has 5 aliphatic carbocycles. The Bertz CT molecular complexity index is 2900. The number of allylic oxidation sites excluding steroid dienone is 7. The molecule has 0 fully saturated rings. The number of rotatable bonds is 4. The molecule has 1 heterocycles. The van der Waals surface area contributed by atoms with Gasteiger partial charge in [-0.15, -0.1) is 0 Å². The Morgan fingerprint density at radius 1 is 0.611 bits per heavy atom. The summed E-state index contributed by atoms with van der Waals surface area (Å²) >= 11 is 0. The van der Waals surface area contributed by atoms with E-state index in [1.165, 1.54) is 100 Å². The Morgan fingerprint density at radius 2 is 1.43 bits per heavy atom. The zero-order chi connectivity index (χ0) is 35.3. The summed E-state index contributed by atoms with van der Waals surface area (Å²) in [5, 5.41) is 3.86. The maximum absolute atomic E-state index is 2.69. The number of aromatic nitrogens is 1.